The van der Waals surface area contributed by atoms with E-state index in [4.69, 9.17) is 4.74 Å². The number of rotatable bonds is 4. The molecule has 0 aliphatic heterocycles. The third-order valence-corrected chi connectivity index (χ3v) is 3.91. The summed E-state index contributed by atoms with van der Waals surface area (Å²) in [5, 5.41) is 0. The Hall–Kier alpha value is -2.03. The molecule has 21 heavy (non-hydrogen) atoms. The van der Waals surface area contributed by atoms with Crippen molar-refractivity contribution in [2.75, 3.05) is 14.2 Å². The van der Waals surface area contributed by atoms with Crippen molar-refractivity contribution < 1.29 is 14.3 Å². The van der Waals surface area contributed by atoms with E-state index in [1.54, 1.807) is 6.08 Å². The number of esters is 1. The summed E-state index contributed by atoms with van der Waals surface area (Å²) in [6.45, 7) is 2.06. The van der Waals surface area contributed by atoms with Crippen molar-refractivity contribution >= 4 is 11.5 Å². The summed E-state index contributed by atoms with van der Waals surface area (Å²) in [4.78, 5) is 11.5. The molecule has 1 aliphatic rings. The lowest BCUT2D eigenvalue weighted by Crippen LogP contribution is -2.06. The van der Waals surface area contributed by atoms with Gasteiger partial charge in [-0.15, -0.1) is 0 Å². The highest BCUT2D eigenvalue weighted by atomic mass is 16.6. The Bertz CT molecular complexity index is 582. The molecule has 0 N–H and O–H groups in total. The molecule has 0 radical (unpaired) electrons. The number of carbonyl (C=O) groups excluding carboxylic acids is 1. The fraction of sp³-hybridized carbons (Fsp3) is 0.389. The molecule has 0 amide bonds. The predicted octanol–water partition coefficient (Wildman–Crippen LogP) is 3.67. The van der Waals surface area contributed by atoms with Gasteiger partial charge in [-0.1, -0.05) is 24.3 Å². The SMILES string of the molecule is COC(=O)/C(=C\C=C(/C)c1cccc2c1CCCC2)OC. The maximum atomic E-state index is 11.5. The molecule has 0 bridgehead atoms. The topological polar surface area (TPSA) is 35.5 Å². The second-order valence-corrected chi connectivity index (χ2v) is 5.23. The molecule has 0 unspecified atom stereocenters. The van der Waals surface area contributed by atoms with Gasteiger partial charge in [0.25, 0.3) is 0 Å². The first-order valence-corrected chi connectivity index (χ1v) is 7.29. The zero-order valence-electron chi connectivity index (χ0n) is 12.9. The number of allylic oxidation sites excluding steroid dienone is 3. The van der Waals surface area contributed by atoms with Gasteiger partial charge in [-0.2, -0.15) is 0 Å². The van der Waals surface area contributed by atoms with Crippen molar-refractivity contribution in [1.82, 2.24) is 0 Å². The van der Waals surface area contributed by atoms with Crippen molar-refractivity contribution in [1.29, 1.82) is 0 Å². The molecule has 0 spiro atoms. The number of hydrogen-bond acceptors (Lipinski definition) is 3. The number of aryl methyl sites for hydroxylation is 1. The van der Waals surface area contributed by atoms with E-state index >= 15 is 0 Å². The van der Waals surface area contributed by atoms with Gasteiger partial charge in [-0.05, 0) is 60.9 Å². The van der Waals surface area contributed by atoms with Crippen LogP contribution in [0.25, 0.3) is 5.57 Å². The van der Waals surface area contributed by atoms with Crippen molar-refractivity contribution in [3.8, 4) is 0 Å². The number of ether oxygens (including phenoxy) is 2. The minimum Gasteiger partial charge on any atom is -0.490 e. The van der Waals surface area contributed by atoms with E-state index < -0.39 is 5.97 Å². The van der Waals surface area contributed by atoms with Crippen LogP contribution in [0.3, 0.4) is 0 Å². The Labute approximate surface area is 126 Å². The third kappa shape index (κ3) is 3.54. The molecule has 0 heterocycles. The molecule has 0 aromatic heterocycles. The van der Waals surface area contributed by atoms with Crippen LogP contribution in [-0.2, 0) is 27.1 Å². The van der Waals surface area contributed by atoms with Gasteiger partial charge in [0.2, 0.25) is 5.76 Å². The van der Waals surface area contributed by atoms with Crippen molar-refractivity contribution in [3.63, 3.8) is 0 Å². The van der Waals surface area contributed by atoms with E-state index in [2.05, 4.69) is 29.9 Å². The number of carbonyl (C=O) groups is 1. The van der Waals surface area contributed by atoms with Crippen LogP contribution < -0.4 is 0 Å². The highest BCUT2D eigenvalue weighted by molar-refractivity contribution is 5.87. The van der Waals surface area contributed by atoms with E-state index in [1.165, 1.54) is 43.8 Å². The molecule has 1 aromatic carbocycles. The van der Waals surface area contributed by atoms with Gasteiger partial charge in [0, 0.05) is 0 Å². The fourth-order valence-electron chi connectivity index (χ4n) is 2.76. The fourth-order valence-corrected chi connectivity index (χ4v) is 2.76. The van der Waals surface area contributed by atoms with Crippen LogP contribution in [0.1, 0.15) is 36.5 Å². The molecule has 1 aliphatic carbocycles. The molecule has 2 rings (SSSR count). The third-order valence-electron chi connectivity index (χ3n) is 3.91. The lowest BCUT2D eigenvalue weighted by atomic mass is 9.86. The van der Waals surface area contributed by atoms with Crippen LogP contribution in [0.2, 0.25) is 0 Å². The summed E-state index contributed by atoms with van der Waals surface area (Å²) in [6.07, 6.45) is 8.41. The van der Waals surface area contributed by atoms with Crippen LogP contribution in [0.4, 0.5) is 0 Å². The lowest BCUT2D eigenvalue weighted by Gasteiger charge is -2.19. The van der Waals surface area contributed by atoms with Crippen LogP contribution in [0, 0.1) is 0 Å². The first-order chi connectivity index (χ1) is 10.2. The van der Waals surface area contributed by atoms with Gasteiger partial charge in [0.1, 0.15) is 0 Å². The molecular formula is C18H22O3. The molecule has 0 saturated carbocycles. The van der Waals surface area contributed by atoms with E-state index in [0.29, 0.717) is 0 Å². The lowest BCUT2D eigenvalue weighted by molar-refractivity contribution is -0.139. The average molecular weight is 286 g/mol. The maximum absolute atomic E-state index is 11.5. The second kappa shape index (κ2) is 7.11. The summed E-state index contributed by atoms with van der Waals surface area (Å²) in [7, 11) is 2.82. The van der Waals surface area contributed by atoms with Gasteiger partial charge in [-0.3, -0.25) is 0 Å². The summed E-state index contributed by atoms with van der Waals surface area (Å²) >= 11 is 0. The van der Waals surface area contributed by atoms with Gasteiger partial charge in [0.15, 0.2) is 0 Å². The second-order valence-electron chi connectivity index (χ2n) is 5.23. The van der Waals surface area contributed by atoms with Gasteiger partial charge >= 0.3 is 5.97 Å². The average Bonchev–Trinajstić information content (AvgIpc) is 2.54. The van der Waals surface area contributed by atoms with E-state index in [1.807, 2.05) is 6.08 Å². The number of fused-ring (bicyclic) bond motifs is 1. The van der Waals surface area contributed by atoms with Gasteiger partial charge < -0.3 is 9.47 Å². The monoisotopic (exact) mass is 286 g/mol. The highest BCUT2D eigenvalue weighted by Crippen LogP contribution is 2.28. The Morgan fingerprint density at radius 3 is 2.57 bits per heavy atom. The van der Waals surface area contributed by atoms with Crippen LogP contribution in [0.5, 0.6) is 0 Å². The Kier molecular flexibility index (Phi) is 5.20. The molecule has 0 saturated heterocycles. The van der Waals surface area contributed by atoms with Gasteiger partial charge in [0.05, 0.1) is 14.2 Å². The zero-order chi connectivity index (χ0) is 15.2. The van der Waals surface area contributed by atoms with Crippen molar-refractivity contribution in [3.05, 3.63) is 52.8 Å². The molecule has 1 aromatic rings. The highest BCUT2D eigenvalue weighted by Gasteiger charge is 2.13. The molecule has 0 atom stereocenters. The quantitative estimate of drug-likeness (QED) is 0.367. The molecule has 3 nitrogen and oxygen atoms in total. The minimum absolute atomic E-state index is 0.210. The van der Waals surface area contributed by atoms with Crippen LogP contribution in [0.15, 0.2) is 36.1 Å². The summed E-state index contributed by atoms with van der Waals surface area (Å²) < 4.78 is 9.71. The standard InChI is InChI=1S/C18H22O3/c1-13(11-12-17(20-2)18(19)21-3)15-10-6-8-14-7-4-5-9-16(14)15/h6,8,10-12H,4-5,7,9H2,1-3H3/b13-11+,17-12+. The first-order valence-electron chi connectivity index (χ1n) is 7.29. The van der Waals surface area contributed by atoms with E-state index in [9.17, 15) is 4.79 Å². The van der Waals surface area contributed by atoms with E-state index in [-0.39, 0.29) is 5.76 Å². The zero-order valence-corrected chi connectivity index (χ0v) is 12.9. The van der Waals surface area contributed by atoms with Gasteiger partial charge in [-0.25, -0.2) is 4.79 Å². The Balaban J connectivity index is 2.31. The van der Waals surface area contributed by atoms with Crippen LogP contribution >= 0.6 is 0 Å². The van der Waals surface area contributed by atoms with E-state index in [0.717, 1.165) is 18.4 Å². The number of methoxy groups -OCH3 is 2. The summed E-state index contributed by atoms with van der Waals surface area (Å²) in [5.41, 5.74) is 5.30. The summed E-state index contributed by atoms with van der Waals surface area (Å²) in [6, 6.07) is 6.47. The number of benzene rings is 1. The maximum Gasteiger partial charge on any atom is 0.373 e. The Morgan fingerprint density at radius 1 is 1.10 bits per heavy atom. The minimum atomic E-state index is -0.461. The predicted molar refractivity (Wildman–Crippen MR) is 83.8 cm³/mol. The molecule has 3 heteroatoms. The Morgan fingerprint density at radius 2 is 1.86 bits per heavy atom. The van der Waals surface area contributed by atoms with Crippen molar-refractivity contribution in [2.45, 2.75) is 32.6 Å². The molecular weight excluding hydrogens is 264 g/mol. The van der Waals surface area contributed by atoms with Crippen LogP contribution in [-0.4, -0.2) is 20.2 Å². The molecule has 0 fully saturated rings. The normalized spacial score (nSPS) is 15.4. The first kappa shape index (κ1) is 15.4. The smallest absolute Gasteiger partial charge is 0.373 e. The number of hydrogen-bond donors (Lipinski definition) is 0. The summed E-state index contributed by atoms with van der Waals surface area (Å²) in [5.74, 6) is -0.252. The molecule has 112 valence electrons. The largest absolute Gasteiger partial charge is 0.490 e. The van der Waals surface area contributed by atoms with Crippen molar-refractivity contribution in [2.24, 2.45) is 0 Å².